The third-order valence-electron chi connectivity index (χ3n) is 3.07. The number of rotatable bonds is 4. The van der Waals surface area contributed by atoms with Gasteiger partial charge in [-0.15, -0.1) is 0 Å². The van der Waals surface area contributed by atoms with Crippen LogP contribution in [0.2, 0.25) is 10.0 Å². The van der Waals surface area contributed by atoms with Gasteiger partial charge in [0.15, 0.2) is 0 Å². The Labute approximate surface area is 133 Å². The Hall–Kier alpha value is -1.71. The smallest absolute Gasteiger partial charge is 0.128 e. The Morgan fingerprint density at radius 1 is 1.19 bits per heavy atom. The van der Waals surface area contributed by atoms with E-state index >= 15 is 0 Å². The van der Waals surface area contributed by atoms with E-state index in [1.165, 1.54) is 0 Å². The monoisotopic (exact) mass is 323 g/mol. The molecule has 1 N–H and O–H groups in total. The van der Waals surface area contributed by atoms with Crippen molar-refractivity contribution in [3.8, 4) is 5.75 Å². The van der Waals surface area contributed by atoms with E-state index in [4.69, 9.17) is 33.1 Å². The third-order valence-corrected chi connectivity index (χ3v) is 3.67. The van der Waals surface area contributed by atoms with Crippen LogP contribution in [0.25, 0.3) is 0 Å². The van der Waals surface area contributed by atoms with Crippen LogP contribution in [-0.2, 0) is 6.61 Å². The van der Waals surface area contributed by atoms with Gasteiger partial charge in [0.25, 0.3) is 0 Å². The number of halogens is 2. The average molecular weight is 324 g/mol. The Bertz CT molecular complexity index is 684. The van der Waals surface area contributed by atoms with Crippen molar-refractivity contribution in [2.75, 3.05) is 0 Å². The summed E-state index contributed by atoms with van der Waals surface area (Å²) in [5, 5.41) is 13.4. The highest BCUT2D eigenvalue weighted by Crippen LogP contribution is 2.25. The lowest BCUT2D eigenvalue weighted by molar-refractivity contribution is 0.303. The second kappa shape index (κ2) is 6.83. The molecule has 0 unspecified atom stereocenters. The molecule has 2 aromatic rings. The largest absolute Gasteiger partial charge is 0.488 e. The fraction of sp³-hybridized carbons (Fsp3) is 0.188. The predicted octanol–water partition coefficient (Wildman–Crippen LogP) is 5.08. The number of nitrogens with zero attached hydrogens (tertiary/aromatic N) is 1. The maximum atomic E-state index is 8.96. The van der Waals surface area contributed by atoms with Crippen LogP contribution >= 0.6 is 23.2 Å². The van der Waals surface area contributed by atoms with E-state index in [0.717, 1.165) is 16.7 Å². The Balaban J connectivity index is 2.26. The van der Waals surface area contributed by atoms with Crippen molar-refractivity contribution in [2.45, 2.75) is 20.5 Å². The van der Waals surface area contributed by atoms with E-state index in [1.54, 1.807) is 25.1 Å². The van der Waals surface area contributed by atoms with Crippen LogP contribution in [0.5, 0.6) is 5.75 Å². The van der Waals surface area contributed by atoms with Crippen LogP contribution in [-0.4, -0.2) is 10.9 Å². The molecule has 0 heterocycles. The normalized spacial score (nSPS) is 11.5. The Morgan fingerprint density at radius 2 is 1.95 bits per heavy atom. The zero-order chi connectivity index (χ0) is 15.4. The fourth-order valence-corrected chi connectivity index (χ4v) is 2.28. The molecule has 0 fully saturated rings. The lowest BCUT2D eigenvalue weighted by Gasteiger charge is -2.12. The highest BCUT2D eigenvalue weighted by molar-refractivity contribution is 6.33. The summed E-state index contributed by atoms with van der Waals surface area (Å²) in [4.78, 5) is 0. The molecule has 2 rings (SSSR count). The first-order valence-corrected chi connectivity index (χ1v) is 7.13. The van der Waals surface area contributed by atoms with E-state index in [9.17, 15) is 0 Å². The summed E-state index contributed by atoms with van der Waals surface area (Å²) in [7, 11) is 0. The summed E-state index contributed by atoms with van der Waals surface area (Å²) in [6, 6.07) is 10.9. The van der Waals surface area contributed by atoms with Gasteiger partial charge in [0.2, 0.25) is 0 Å². The third kappa shape index (κ3) is 3.90. The highest BCUT2D eigenvalue weighted by Gasteiger charge is 2.09. The van der Waals surface area contributed by atoms with Crippen LogP contribution in [0.1, 0.15) is 23.6 Å². The molecule has 21 heavy (non-hydrogen) atoms. The van der Waals surface area contributed by atoms with Gasteiger partial charge in [-0.05, 0) is 44.2 Å². The minimum atomic E-state index is 0.286. The second-order valence-electron chi connectivity index (χ2n) is 4.71. The van der Waals surface area contributed by atoms with Crippen molar-refractivity contribution in [1.82, 2.24) is 0 Å². The molecule has 0 spiro atoms. The molecule has 0 atom stereocenters. The van der Waals surface area contributed by atoms with E-state index in [2.05, 4.69) is 5.16 Å². The highest BCUT2D eigenvalue weighted by atomic mass is 35.5. The molecule has 110 valence electrons. The molecule has 0 saturated heterocycles. The molecule has 0 aliphatic heterocycles. The van der Waals surface area contributed by atoms with Gasteiger partial charge in [0.05, 0.1) is 5.71 Å². The van der Waals surface area contributed by atoms with E-state index < -0.39 is 0 Å². The number of oxime groups is 1. The van der Waals surface area contributed by atoms with E-state index in [-0.39, 0.29) is 6.61 Å². The molecule has 5 heteroatoms. The number of hydrogen-bond acceptors (Lipinski definition) is 3. The minimum absolute atomic E-state index is 0.286. The van der Waals surface area contributed by atoms with Crippen LogP contribution < -0.4 is 4.74 Å². The standard InChI is InChI=1S/C16H15Cl2NO2/c1-10-3-6-16(14(7-10)11(2)19-20)21-9-12-8-13(17)4-5-15(12)18/h3-8,20H,9H2,1-2H3. The van der Waals surface area contributed by atoms with Crippen molar-refractivity contribution in [1.29, 1.82) is 0 Å². The molecule has 0 aliphatic carbocycles. The Morgan fingerprint density at radius 3 is 2.67 bits per heavy atom. The van der Waals surface area contributed by atoms with Crippen molar-refractivity contribution in [3.63, 3.8) is 0 Å². The summed E-state index contributed by atoms with van der Waals surface area (Å²) >= 11 is 12.1. The lowest BCUT2D eigenvalue weighted by atomic mass is 10.1. The van der Waals surface area contributed by atoms with Gasteiger partial charge < -0.3 is 9.94 Å². The molecular weight excluding hydrogens is 309 g/mol. The summed E-state index contributed by atoms with van der Waals surface area (Å²) < 4.78 is 5.80. The van der Waals surface area contributed by atoms with Gasteiger partial charge in [-0.1, -0.05) is 40.0 Å². The fourth-order valence-electron chi connectivity index (χ4n) is 1.92. The molecule has 0 radical (unpaired) electrons. The Kier molecular flexibility index (Phi) is 5.10. The maximum absolute atomic E-state index is 8.96. The lowest BCUT2D eigenvalue weighted by Crippen LogP contribution is -2.03. The molecule has 0 aliphatic rings. The number of hydrogen-bond donors (Lipinski definition) is 1. The quantitative estimate of drug-likeness (QED) is 0.484. The summed E-state index contributed by atoms with van der Waals surface area (Å²) in [6.45, 7) is 3.97. The maximum Gasteiger partial charge on any atom is 0.128 e. The van der Waals surface area contributed by atoms with Crippen LogP contribution in [0.3, 0.4) is 0 Å². The average Bonchev–Trinajstić information content (AvgIpc) is 2.48. The first-order valence-electron chi connectivity index (χ1n) is 6.37. The predicted molar refractivity (Wildman–Crippen MR) is 86.0 cm³/mol. The van der Waals surface area contributed by atoms with E-state index in [0.29, 0.717) is 21.5 Å². The number of ether oxygens (including phenoxy) is 1. The van der Waals surface area contributed by atoms with Crippen molar-refractivity contribution < 1.29 is 9.94 Å². The topological polar surface area (TPSA) is 41.8 Å². The zero-order valence-electron chi connectivity index (χ0n) is 11.7. The number of benzene rings is 2. The zero-order valence-corrected chi connectivity index (χ0v) is 13.2. The van der Waals surface area contributed by atoms with E-state index in [1.807, 2.05) is 25.1 Å². The SMILES string of the molecule is CC(=NO)c1cc(C)ccc1OCc1cc(Cl)ccc1Cl. The van der Waals surface area contributed by atoms with Crippen molar-refractivity contribution >= 4 is 28.9 Å². The van der Waals surface area contributed by atoms with Gasteiger partial charge in [-0.25, -0.2) is 0 Å². The van der Waals surface area contributed by atoms with Crippen LogP contribution in [0, 0.1) is 6.92 Å². The first kappa shape index (κ1) is 15.7. The van der Waals surface area contributed by atoms with Gasteiger partial charge >= 0.3 is 0 Å². The van der Waals surface area contributed by atoms with Gasteiger partial charge in [0.1, 0.15) is 12.4 Å². The van der Waals surface area contributed by atoms with Gasteiger partial charge in [-0.2, -0.15) is 0 Å². The number of aryl methyl sites for hydroxylation is 1. The summed E-state index contributed by atoms with van der Waals surface area (Å²) in [5.74, 6) is 0.631. The molecular formula is C16H15Cl2NO2. The minimum Gasteiger partial charge on any atom is -0.488 e. The van der Waals surface area contributed by atoms with Crippen molar-refractivity contribution in [2.24, 2.45) is 5.16 Å². The van der Waals surface area contributed by atoms with Crippen LogP contribution in [0.4, 0.5) is 0 Å². The molecule has 0 saturated carbocycles. The molecule has 0 bridgehead atoms. The second-order valence-corrected chi connectivity index (χ2v) is 5.55. The summed E-state index contributed by atoms with van der Waals surface area (Å²) in [6.07, 6.45) is 0. The van der Waals surface area contributed by atoms with Gasteiger partial charge in [-0.3, -0.25) is 0 Å². The van der Waals surface area contributed by atoms with Crippen LogP contribution in [0.15, 0.2) is 41.6 Å². The van der Waals surface area contributed by atoms with Gasteiger partial charge in [0, 0.05) is 21.2 Å². The molecule has 0 amide bonds. The first-order chi connectivity index (χ1) is 10.0. The molecule has 0 aromatic heterocycles. The summed E-state index contributed by atoms with van der Waals surface area (Å²) in [5.41, 5.74) is 3.09. The molecule has 2 aromatic carbocycles. The van der Waals surface area contributed by atoms with Crippen molar-refractivity contribution in [3.05, 3.63) is 63.1 Å². The molecule has 3 nitrogen and oxygen atoms in total.